The number of nitrogens with zero attached hydrogens (tertiary/aromatic N) is 1. The fourth-order valence-electron chi connectivity index (χ4n) is 1.75. The zero-order chi connectivity index (χ0) is 15.5. The highest BCUT2D eigenvalue weighted by Gasteiger charge is 2.35. The summed E-state index contributed by atoms with van der Waals surface area (Å²) >= 11 is 1.51. The Morgan fingerprint density at radius 3 is 2.90 bits per heavy atom. The summed E-state index contributed by atoms with van der Waals surface area (Å²) in [4.78, 5) is 24.3. The smallest absolute Gasteiger partial charge is 0.331 e. The molecule has 21 heavy (non-hydrogen) atoms. The number of methoxy groups -OCH3 is 1. The summed E-state index contributed by atoms with van der Waals surface area (Å²) in [5, 5.41) is 20.2. The normalized spacial score (nSPS) is 13.6. The summed E-state index contributed by atoms with van der Waals surface area (Å²) in [7, 11) is 1.37. The maximum Gasteiger partial charge on any atom is 0.331 e. The number of thiophene rings is 1. The monoisotopic (exact) mass is 309 g/mol. The average molecular weight is 309 g/mol. The molecule has 0 saturated heterocycles. The van der Waals surface area contributed by atoms with Crippen LogP contribution in [0.1, 0.15) is 17.4 Å². The quantitative estimate of drug-likeness (QED) is 0.747. The number of carbonyl (C=O) groups excluding carboxylic acids is 1. The lowest BCUT2D eigenvalue weighted by molar-refractivity contribution is -0.145. The van der Waals surface area contributed by atoms with E-state index >= 15 is 0 Å². The van der Waals surface area contributed by atoms with Gasteiger partial charge in [0, 0.05) is 7.11 Å². The predicted molar refractivity (Wildman–Crippen MR) is 77.3 cm³/mol. The molecule has 2 rings (SSSR count). The molecule has 0 aliphatic rings. The maximum absolute atomic E-state index is 12.1. The van der Waals surface area contributed by atoms with Crippen LogP contribution >= 0.6 is 11.3 Å². The minimum Gasteiger partial charge on any atom is -0.479 e. The molecular weight excluding hydrogens is 294 g/mol. The molecule has 3 N–H and O–H groups in total. The van der Waals surface area contributed by atoms with Crippen molar-refractivity contribution in [2.75, 3.05) is 13.7 Å². The number of nitrogens with one attached hydrogen (secondary N) is 2. The number of rotatable bonds is 6. The van der Waals surface area contributed by atoms with E-state index in [4.69, 9.17) is 4.74 Å². The van der Waals surface area contributed by atoms with Crippen LogP contribution in [0.2, 0.25) is 0 Å². The molecule has 1 amide bonds. The number of aromatic nitrogens is 2. The number of carbonyl (C=O) groups is 2. The van der Waals surface area contributed by atoms with E-state index in [9.17, 15) is 14.7 Å². The van der Waals surface area contributed by atoms with Crippen molar-refractivity contribution < 1.29 is 19.4 Å². The Labute approximate surface area is 124 Å². The molecule has 0 radical (unpaired) electrons. The van der Waals surface area contributed by atoms with Crippen molar-refractivity contribution in [3.05, 3.63) is 29.3 Å². The lowest BCUT2D eigenvalue weighted by Crippen LogP contribution is -2.55. The first-order valence-electron chi connectivity index (χ1n) is 6.10. The third-order valence-electron chi connectivity index (χ3n) is 2.89. The van der Waals surface area contributed by atoms with Gasteiger partial charge in [-0.2, -0.15) is 5.10 Å². The Kier molecular flexibility index (Phi) is 4.39. The number of ether oxygens (including phenoxy) is 1. The Bertz CT molecular complexity index is 638. The molecule has 1 atom stereocenters. The van der Waals surface area contributed by atoms with Gasteiger partial charge in [-0.05, 0) is 24.4 Å². The molecule has 2 heterocycles. The topological polar surface area (TPSA) is 104 Å². The van der Waals surface area contributed by atoms with Gasteiger partial charge < -0.3 is 15.2 Å². The van der Waals surface area contributed by atoms with Crippen molar-refractivity contribution in [2.45, 2.75) is 12.5 Å². The van der Waals surface area contributed by atoms with Gasteiger partial charge in [0.15, 0.2) is 11.2 Å². The lowest BCUT2D eigenvalue weighted by Gasteiger charge is -2.24. The Morgan fingerprint density at radius 2 is 2.33 bits per heavy atom. The molecule has 0 spiro atoms. The van der Waals surface area contributed by atoms with Crippen molar-refractivity contribution in [2.24, 2.45) is 0 Å². The molecule has 1 unspecified atom stereocenters. The van der Waals surface area contributed by atoms with Gasteiger partial charge in [-0.25, -0.2) is 4.79 Å². The van der Waals surface area contributed by atoms with Gasteiger partial charge in [0.25, 0.3) is 5.91 Å². The maximum atomic E-state index is 12.1. The van der Waals surface area contributed by atoms with E-state index in [1.165, 1.54) is 25.4 Å². The van der Waals surface area contributed by atoms with Crippen LogP contribution in [0.15, 0.2) is 23.6 Å². The van der Waals surface area contributed by atoms with E-state index in [-0.39, 0.29) is 12.3 Å². The van der Waals surface area contributed by atoms with Crippen molar-refractivity contribution in [3.63, 3.8) is 0 Å². The zero-order valence-corrected chi connectivity index (χ0v) is 12.4. The number of carboxylic acids is 1. The molecule has 2 aromatic heterocycles. The first kappa shape index (κ1) is 15.2. The first-order valence-corrected chi connectivity index (χ1v) is 6.98. The minimum atomic E-state index is -1.51. The third kappa shape index (κ3) is 3.29. The number of hydrogen-bond donors (Lipinski definition) is 3. The molecule has 0 fully saturated rings. The van der Waals surface area contributed by atoms with E-state index in [2.05, 4.69) is 15.5 Å². The first-order chi connectivity index (χ1) is 9.96. The second-order valence-corrected chi connectivity index (χ2v) is 5.62. The zero-order valence-electron chi connectivity index (χ0n) is 11.5. The molecule has 0 bridgehead atoms. The van der Waals surface area contributed by atoms with Crippen LogP contribution in [0.25, 0.3) is 10.6 Å². The van der Waals surface area contributed by atoms with E-state index in [1.54, 1.807) is 6.07 Å². The van der Waals surface area contributed by atoms with Gasteiger partial charge >= 0.3 is 5.97 Å². The average Bonchev–Trinajstić information content (AvgIpc) is 3.09. The summed E-state index contributed by atoms with van der Waals surface area (Å²) in [5.41, 5.74) is -0.672. The van der Waals surface area contributed by atoms with E-state index in [0.29, 0.717) is 5.69 Å². The molecule has 7 nitrogen and oxygen atoms in total. The van der Waals surface area contributed by atoms with Gasteiger partial charge in [0.2, 0.25) is 0 Å². The molecular formula is C13H15N3O4S. The molecule has 112 valence electrons. The summed E-state index contributed by atoms with van der Waals surface area (Å²) in [5.74, 6) is -1.75. The van der Waals surface area contributed by atoms with Crippen molar-refractivity contribution in [1.29, 1.82) is 0 Å². The van der Waals surface area contributed by atoms with E-state index in [1.807, 2.05) is 17.5 Å². The predicted octanol–water partition coefficient (Wildman–Crippen LogP) is 1.36. The number of amides is 1. The Hall–Kier alpha value is -2.19. The Morgan fingerprint density at radius 1 is 1.57 bits per heavy atom. The van der Waals surface area contributed by atoms with Gasteiger partial charge in [0.1, 0.15) is 0 Å². The van der Waals surface area contributed by atoms with Crippen LogP contribution in [0.4, 0.5) is 0 Å². The SMILES string of the molecule is COCC(C)(NC(=O)c1cc(-c2cccs2)[nH]n1)C(=O)O. The second-order valence-electron chi connectivity index (χ2n) is 4.67. The number of carboxylic acid groups (broad SMARTS) is 1. The Balaban J connectivity index is 2.15. The molecule has 0 saturated carbocycles. The minimum absolute atomic E-state index is 0.127. The van der Waals surface area contributed by atoms with Crippen LogP contribution in [-0.2, 0) is 9.53 Å². The summed E-state index contributed by atoms with van der Waals surface area (Å²) in [6.07, 6.45) is 0. The van der Waals surface area contributed by atoms with Crippen LogP contribution in [-0.4, -0.2) is 46.4 Å². The summed E-state index contributed by atoms with van der Waals surface area (Å²) in [6.45, 7) is 1.24. The number of aliphatic carboxylic acids is 1. The van der Waals surface area contributed by atoms with Gasteiger partial charge in [-0.15, -0.1) is 11.3 Å². The highest BCUT2D eigenvalue weighted by atomic mass is 32.1. The van der Waals surface area contributed by atoms with E-state index < -0.39 is 17.4 Å². The molecule has 0 aliphatic carbocycles. The van der Waals surface area contributed by atoms with Crippen LogP contribution in [0.5, 0.6) is 0 Å². The number of aromatic amines is 1. The molecule has 0 aromatic carbocycles. The fourth-order valence-corrected chi connectivity index (χ4v) is 2.44. The third-order valence-corrected chi connectivity index (χ3v) is 3.79. The van der Waals surface area contributed by atoms with E-state index in [0.717, 1.165) is 4.88 Å². The van der Waals surface area contributed by atoms with Crippen molar-refractivity contribution >= 4 is 23.2 Å². The van der Waals surface area contributed by atoms with Crippen molar-refractivity contribution in [1.82, 2.24) is 15.5 Å². The molecule has 8 heteroatoms. The highest BCUT2D eigenvalue weighted by Crippen LogP contribution is 2.23. The second kappa shape index (κ2) is 6.06. The molecule has 0 aliphatic heterocycles. The summed E-state index contributed by atoms with van der Waals surface area (Å²) in [6, 6.07) is 5.36. The largest absolute Gasteiger partial charge is 0.479 e. The van der Waals surface area contributed by atoms with Gasteiger partial charge in [0.05, 0.1) is 17.2 Å². The van der Waals surface area contributed by atoms with Gasteiger partial charge in [-0.1, -0.05) is 6.07 Å². The van der Waals surface area contributed by atoms with Gasteiger partial charge in [-0.3, -0.25) is 9.89 Å². The van der Waals surface area contributed by atoms with Crippen molar-refractivity contribution in [3.8, 4) is 10.6 Å². The summed E-state index contributed by atoms with van der Waals surface area (Å²) < 4.78 is 4.85. The lowest BCUT2D eigenvalue weighted by atomic mass is 10.0. The standard InChI is InChI=1S/C13H15N3O4S/c1-13(7-20-2,12(18)19)14-11(17)9-6-8(15-16-9)10-4-3-5-21-10/h3-6H,7H2,1-2H3,(H,14,17)(H,15,16)(H,18,19). The fraction of sp³-hybridized carbons (Fsp3) is 0.308. The number of hydrogen-bond acceptors (Lipinski definition) is 5. The number of H-pyrrole nitrogens is 1. The molecule has 2 aromatic rings. The van der Waals surface area contributed by atoms with Crippen LogP contribution < -0.4 is 5.32 Å². The van der Waals surface area contributed by atoms with Crippen LogP contribution in [0.3, 0.4) is 0 Å². The highest BCUT2D eigenvalue weighted by molar-refractivity contribution is 7.13. The van der Waals surface area contributed by atoms with Crippen LogP contribution in [0, 0.1) is 0 Å².